The van der Waals surface area contributed by atoms with E-state index in [0.717, 1.165) is 29.6 Å². The zero-order chi connectivity index (χ0) is 28.1. The molecule has 5 rings (SSSR count). The minimum atomic E-state index is -0.304. The van der Waals surface area contributed by atoms with Gasteiger partial charge in [0.25, 0.3) is 5.91 Å². The summed E-state index contributed by atoms with van der Waals surface area (Å²) < 4.78 is 0. The summed E-state index contributed by atoms with van der Waals surface area (Å²) in [4.78, 5) is 28.5. The molecule has 2 N–H and O–H groups in total. The van der Waals surface area contributed by atoms with Crippen molar-refractivity contribution in [3.05, 3.63) is 69.5 Å². The molecule has 3 atom stereocenters. The van der Waals surface area contributed by atoms with Crippen molar-refractivity contribution in [1.29, 1.82) is 0 Å². The van der Waals surface area contributed by atoms with Crippen LogP contribution in [0.15, 0.2) is 47.5 Å². The number of fused-ring (bicyclic) bond motifs is 1. The van der Waals surface area contributed by atoms with Crippen molar-refractivity contribution in [2.24, 2.45) is 10.9 Å². The van der Waals surface area contributed by atoms with Crippen LogP contribution in [0.2, 0.25) is 10.0 Å². The number of rotatable bonds is 9. The van der Waals surface area contributed by atoms with Crippen LogP contribution in [-0.4, -0.2) is 52.2 Å². The van der Waals surface area contributed by atoms with Crippen LogP contribution in [0.5, 0.6) is 0 Å². The third kappa shape index (κ3) is 7.34. The second kappa shape index (κ2) is 13.3. The van der Waals surface area contributed by atoms with Crippen molar-refractivity contribution in [3.8, 4) is 0 Å². The Morgan fingerprint density at radius 3 is 2.75 bits per heavy atom. The zero-order valence-electron chi connectivity index (χ0n) is 23.4. The van der Waals surface area contributed by atoms with Gasteiger partial charge in [-0.15, -0.1) is 0 Å². The molecule has 3 aromatic rings. The number of carbonyl (C=O) groups excluding carboxylic acids is 1. The van der Waals surface area contributed by atoms with Crippen LogP contribution in [0.1, 0.15) is 86.6 Å². The molecule has 0 spiro atoms. The number of benzene rings is 2. The Labute approximate surface area is 247 Å². The second-order valence-corrected chi connectivity index (χ2v) is 12.2. The Bertz CT molecular complexity index is 1390. The SMILES string of the molecule is CC(CN1CCCC1)=N[C@H]1CCCCC1C/C=C/c1ccc(C(=O)N[C@@H](C)c2nc3ccc(Cl)cc3[nH]2)cc1Cl. The summed E-state index contributed by atoms with van der Waals surface area (Å²) in [6.45, 7) is 7.53. The van der Waals surface area contributed by atoms with Crippen LogP contribution in [-0.2, 0) is 0 Å². The number of nitrogens with zero attached hydrogens (tertiary/aromatic N) is 3. The van der Waals surface area contributed by atoms with Crippen molar-refractivity contribution in [1.82, 2.24) is 20.2 Å². The number of amides is 1. The van der Waals surface area contributed by atoms with Crippen molar-refractivity contribution in [2.45, 2.75) is 70.9 Å². The van der Waals surface area contributed by atoms with E-state index in [-0.39, 0.29) is 11.9 Å². The van der Waals surface area contributed by atoms with E-state index in [1.807, 2.05) is 31.2 Å². The summed E-state index contributed by atoms with van der Waals surface area (Å²) >= 11 is 12.7. The predicted octanol–water partition coefficient (Wildman–Crippen LogP) is 7.88. The number of nitrogens with one attached hydrogen (secondary N) is 2. The fourth-order valence-electron chi connectivity index (χ4n) is 5.95. The Balaban J connectivity index is 1.17. The van der Waals surface area contributed by atoms with Crippen LogP contribution in [0, 0.1) is 5.92 Å². The van der Waals surface area contributed by atoms with Gasteiger partial charge in [0.15, 0.2) is 0 Å². The highest BCUT2D eigenvalue weighted by molar-refractivity contribution is 6.32. The molecule has 1 saturated carbocycles. The monoisotopic (exact) mass is 579 g/mol. The van der Waals surface area contributed by atoms with Gasteiger partial charge in [0.05, 0.1) is 23.1 Å². The number of H-pyrrole nitrogens is 1. The topological polar surface area (TPSA) is 73.4 Å². The number of halogens is 2. The number of allylic oxidation sites excluding steroid dienone is 1. The van der Waals surface area contributed by atoms with E-state index in [1.165, 1.54) is 57.3 Å². The van der Waals surface area contributed by atoms with Gasteiger partial charge < -0.3 is 10.3 Å². The first kappa shape index (κ1) is 28.8. The molecule has 6 nitrogen and oxygen atoms in total. The summed E-state index contributed by atoms with van der Waals surface area (Å²) in [5.74, 6) is 1.04. The van der Waals surface area contributed by atoms with Crippen molar-refractivity contribution >= 4 is 51.9 Å². The third-order valence-electron chi connectivity index (χ3n) is 8.13. The van der Waals surface area contributed by atoms with E-state index in [4.69, 9.17) is 28.2 Å². The van der Waals surface area contributed by atoms with Crippen LogP contribution < -0.4 is 5.32 Å². The zero-order valence-corrected chi connectivity index (χ0v) is 24.9. The number of aromatic nitrogens is 2. The van der Waals surface area contributed by atoms with E-state index < -0.39 is 0 Å². The number of imidazole rings is 1. The van der Waals surface area contributed by atoms with Gasteiger partial charge in [0.1, 0.15) is 5.82 Å². The van der Waals surface area contributed by atoms with Gasteiger partial charge in [-0.3, -0.25) is 14.7 Å². The summed E-state index contributed by atoms with van der Waals surface area (Å²) in [5, 5.41) is 4.21. The second-order valence-electron chi connectivity index (χ2n) is 11.3. The molecular formula is C32H39Cl2N5O. The van der Waals surface area contributed by atoms with Crippen LogP contribution in [0.4, 0.5) is 0 Å². The number of hydrogen-bond donors (Lipinski definition) is 2. The summed E-state index contributed by atoms with van der Waals surface area (Å²) in [6, 6.07) is 11.1. The smallest absolute Gasteiger partial charge is 0.251 e. The molecule has 1 aliphatic carbocycles. The summed E-state index contributed by atoms with van der Waals surface area (Å²) in [5.41, 5.74) is 4.36. The lowest BCUT2D eigenvalue weighted by molar-refractivity contribution is 0.0938. The van der Waals surface area contributed by atoms with Gasteiger partial charge in [-0.05, 0) is 101 Å². The molecule has 212 valence electrons. The van der Waals surface area contributed by atoms with E-state index in [0.29, 0.717) is 33.4 Å². The quantitative estimate of drug-likeness (QED) is 0.253. The predicted molar refractivity (Wildman–Crippen MR) is 167 cm³/mol. The normalized spacial score (nSPS) is 21.4. The van der Waals surface area contributed by atoms with E-state index >= 15 is 0 Å². The Morgan fingerprint density at radius 1 is 1.15 bits per heavy atom. The largest absolute Gasteiger partial charge is 0.342 e. The molecule has 1 aliphatic heterocycles. The number of hydrogen-bond acceptors (Lipinski definition) is 4. The first-order valence-electron chi connectivity index (χ1n) is 14.5. The molecule has 2 aliphatic rings. The van der Waals surface area contributed by atoms with Gasteiger partial charge in [0, 0.05) is 27.9 Å². The van der Waals surface area contributed by atoms with Crippen LogP contribution >= 0.6 is 23.2 Å². The highest BCUT2D eigenvalue weighted by Crippen LogP contribution is 2.31. The minimum absolute atomic E-state index is 0.198. The number of carbonyl (C=O) groups is 1. The molecule has 1 unspecified atom stereocenters. The van der Waals surface area contributed by atoms with Crippen molar-refractivity contribution < 1.29 is 4.79 Å². The molecule has 40 heavy (non-hydrogen) atoms. The number of aliphatic imine (C=N–C) groups is 1. The third-order valence-corrected chi connectivity index (χ3v) is 8.69. The maximum Gasteiger partial charge on any atom is 0.251 e. The molecule has 1 amide bonds. The summed E-state index contributed by atoms with van der Waals surface area (Å²) in [7, 11) is 0. The maximum absolute atomic E-state index is 12.9. The minimum Gasteiger partial charge on any atom is -0.342 e. The van der Waals surface area contributed by atoms with Gasteiger partial charge >= 0.3 is 0 Å². The average Bonchev–Trinajstić information content (AvgIpc) is 3.60. The first-order chi connectivity index (χ1) is 19.4. The highest BCUT2D eigenvalue weighted by Gasteiger charge is 2.24. The molecule has 1 aromatic heterocycles. The molecule has 2 heterocycles. The lowest BCUT2D eigenvalue weighted by atomic mass is 9.82. The number of aromatic amines is 1. The summed E-state index contributed by atoms with van der Waals surface area (Å²) in [6.07, 6.45) is 12.9. The van der Waals surface area contributed by atoms with Crippen LogP contribution in [0.3, 0.4) is 0 Å². The van der Waals surface area contributed by atoms with Crippen LogP contribution in [0.25, 0.3) is 17.1 Å². The fraction of sp³-hybridized carbons (Fsp3) is 0.469. The lowest BCUT2D eigenvalue weighted by Crippen LogP contribution is -2.29. The molecule has 2 aromatic carbocycles. The molecule has 8 heteroatoms. The number of likely N-dealkylation sites (tertiary alicyclic amines) is 1. The van der Waals surface area contributed by atoms with Gasteiger partial charge in [-0.25, -0.2) is 4.98 Å². The molecular weight excluding hydrogens is 541 g/mol. The fourth-order valence-corrected chi connectivity index (χ4v) is 6.37. The Hall–Kier alpha value is -2.67. The molecule has 0 radical (unpaired) electrons. The molecule has 1 saturated heterocycles. The standard InChI is InChI=1S/C32H39Cl2N5O/c1-21(20-39-16-5-6-17-39)35-28-11-4-3-8-24(28)10-7-9-23-12-13-25(18-27(23)34)32(40)36-22(2)31-37-29-15-14-26(33)19-30(29)38-31/h7,9,12-15,18-19,22,24,28H,3-6,8,10-11,16-17,20H2,1-2H3,(H,36,40)(H,37,38)/b9-7+,35-21?/t22-,24?,28-/m0/s1. The van der Waals surface area contributed by atoms with Gasteiger partial charge in [0.2, 0.25) is 0 Å². The first-order valence-corrected chi connectivity index (χ1v) is 15.3. The van der Waals surface area contributed by atoms with Gasteiger partial charge in [-0.1, -0.05) is 54.3 Å². The van der Waals surface area contributed by atoms with Crippen molar-refractivity contribution in [2.75, 3.05) is 19.6 Å². The maximum atomic E-state index is 12.9. The average molecular weight is 581 g/mol. The Morgan fingerprint density at radius 2 is 1.95 bits per heavy atom. The highest BCUT2D eigenvalue weighted by atomic mass is 35.5. The lowest BCUT2D eigenvalue weighted by Gasteiger charge is -2.29. The molecule has 2 fully saturated rings. The van der Waals surface area contributed by atoms with Gasteiger partial charge in [-0.2, -0.15) is 0 Å². The van der Waals surface area contributed by atoms with E-state index in [1.54, 1.807) is 12.1 Å². The molecule has 0 bridgehead atoms. The van der Waals surface area contributed by atoms with E-state index in [2.05, 4.69) is 39.3 Å². The Kier molecular flexibility index (Phi) is 9.61. The van der Waals surface area contributed by atoms with E-state index in [9.17, 15) is 4.79 Å². The van der Waals surface area contributed by atoms with Crippen molar-refractivity contribution in [3.63, 3.8) is 0 Å².